The highest BCUT2D eigenvalue weighted by atomic mass is 16.5. The van der Waals surface area contributed by atoms with Crippen LogP contribution >= 0.6 is 0 Å². The average Bonchev–Trinajstić information content (AvgIpc) is 2.04. The SMILES string of the molecule is N[C@@H]1COc2c(O)cccc2C1. The lowest BCUT2D eigenvalue weighted by Crippen LogP contribution is -2.33. The van der Waals surface area contributed by atoms with E-state index >= 15 is 0 Å². The van der Waals surface area contributed by atoms with Crippen LogP contribution in [0.15, 0.2) is 18.2 Å². The molecule has 0 amide bonds. The normalized spacial score (nSPS) is 21.2. The molecule has 12 heavy (non-hydrogen) atoms. The van der Waals surface area contributed by atoms with Crippen molar-refractivity contribution in [2.45, 2.75) is 12.5 Å². The smallest absolute Gasteiger partial charge is 0.164 e. The van der Waals surface area contributed by atoms with Crippen LogP contribution in [0.3, 0.4) is 0 Å². The van der Waals surface area contributed by atoms with Crippen LogP contribution in [0.4, 0.5) is 0 Å². The zero-order chi connectivity index (χ0) is 8.55. The van der Waals surface area contributed by atoms with Gasteiger partial charge < -0.3 is 15.6 Å². The average molecular weight is 165 g/mol. The van der Waals surface area contributed by atoms with Crippen molar-refractivity contribution in [2.24, 2.45) is 5.73 Å². The standard InChI is InChI=1S/C9H11NO2/c10-7-4-6-2-1-3-8(11)9(6)12-5-7/h1-3,7,11H,4-5,10H2/t7-/m0/s1. The van der Waals surface area contributed by atoms with Gasteiger partial charge in [0.05, 0.1) is 0 Å². The van der Waals surface area contributed by atoms with Crippen LogP contribution in [0, 0.1) is 0 Å². The second kappa shape index (κ2) is 2.68. The Morgan fingerprint density at radius 3 is 3.17 bits per heavy atom. The molecule has 3 N–H and O–H groups in total. The predicted octanol–water partition coefficient (Wildman–Crippen LogP) is 0.654. The van der Waals surface area contributed by atoms with Crippen LogP contribution in [-0.4, -0.2) is 17.8 Å². The molecule has 0 bridgehead atoms. The minimum atomic E-state index is 0.0549. The van der Waals surface area contributed by atoms with Crippen molar-refractivity contribution >= 4 is 0 Å². The van der Waals surface area contributed by atoms with Crippen LogP contribution in [0.1, 0.15) is 5.56 Å². The lowest BCUT2D eigenvalue weighted by atomic mass is 10.0. The summed E-state index contributed by atoms with van der Waals surface area (Å²) in [5.41, 5.74) is 6.69. The molecule has 2 rings (SSSR count). The lowest BCUT2D eigenvalue weighted by molar-refractivity contribution is 0.251. The maximum atomic E-state index is 9.38. The fourth-order valence-corrected chi connectivity index (χ4v) is 1.43. The molecule has 1 aromatic carbocycles. The fourth-order valence-electron chi connectivity index (χ4n) is 1.43. The number of ether oxygens (including phenoxy) is 1. The van der Waals surface area contributed by atoms with Crippen molar-refractivity contribution in [3.05, 3.63) is 23.8 Å². The fraction of sp³-hybridized carbons (Fsp3) is 0.333. The van der Waals surface area contributed by atoms with E-state index in [2.05, 4.69) is 0 Å². The zero-order valence-electron chi connectivity index (χ0n) is 6.66. The largest absolute Gasteiger partial charge is 0.504 e. The van der Waals surface area contributed by atoms with Crippen LogP contribution in [0.25, 0.3) is 0 Å². The Hall–Kier alpha value is -1.22. The number of hydrogen-bond donors (Lipinski definition) is 2. The van der Waals surface area contributed by atoms with E-state index in [1.807, 2.05) is 6.07 Å². The molecule has 64 valence electrons. The summed E-state index contributed by atoms with van der Waals surface area (Å²) in [6.07, 6.45) is 0.781. The molecule has 1 aromatic rings. The Morgan fingerprint density at radius 2 is 2.33 bits per heavy atom. The molecule has 0 fully saturated rings. The molecule has 1 heterocycles. The van der Waals surface area contributed by atoms with Gasteiger partial charge in [-0.15, -0.1) is 0 Å². The molecule has 0 spiro atoms. The van der Waals surface area contributed by atoms with Crippen molar-refractivity contribution in [1.82, 2.24) is 0 Å². The molecule has 0 radical (unpaired) electrons. The van der Waals surface area contributed by atoms with Crippen molar-refractivity contribution in [3.8, 4) is 11.5 Å². The maximum Gasteiger partial charge on any atom is 0.164 e. The highest BCUT2D eigenvalue weighted by molar-refractivity contribution is 5.46. The summed E-state index contributed by atoms with van der Waals surface area (Å²) >= 11 is 0. The molecule has 0 aliphatic carbocycles. The van der Waals surface area contributed by atoms with E-state index in [1.54, 1.807) is 12.1 Å². The molecule has 3 nitrogen and oxygen atoms in total. The Labute approximate surface area is 70.8 Å². The van der Waals surface area contributed by atoms with Crippen LogP contribution < -0.4 is 10.5 Å². The summed E-state index contributed by atoms with van der Waals surface area (Å²) in [4.78, 5) is 0. The van der Waals surface area contributed by atoms with Crippen molar-refractivity contribution in [1.29, 1.82) is 0 Å². The topological polar surface area (TPSA) is 55.5 Å². The van der Waals surface area contributed by atoms with Gasteiger partial charge in [0.1, 0.15) is 6.61 Å². The maximum absolute atomic E-state index is 9.38. The number of phenols is 1. The highest BCUT2D eigenvalue weighted by Crippen LogP contribution is 2.32. The summed E-state index contributed by atoms with van der Waals surface area (Å²) in [6, 6.07) is 5.40. The molecule has 0 aromatic heterocycles. The minimum Gasteiger partial charge on any atom is -0.504 e. The van der Waals surface area contributed by atoms with E-state index in [9.17, 15) is 5.11 Å². The Kier molecular flexibility index (Phi) is 1.66. The summed E-state index contributed by atoms with van der Waals surface area (Å²) in [7, 11) is 0. The lowest BCUT2D eigenvalue weighted by Gasteiger charge is -2.22. The van der Waals surface area contributed by atoms with Gasteiger partial charge in [0.25, 0.3) is 0 Å². The first-order chi connectivity index (χ1) is 5.77. The van der Waals surface area contributed by atoms with E-state index in [-0.39, 0.29) is 11.8 Å². The number of hydrogen-bond acceptors (Lipinski definition) is 3. The summed E-state index contributed by atoms with van der Waals surface area (Å²) in [6.45, 7) is 0.491. The van der Waals surface area contributed by atoms with E-state index in [0.29, 0.717) is 12.4 Å². The van der Waals surface area contributed by atoms with E-state index in [1.165, 1.54) is 0 Å². The van der Waals surface area contributed by atoms with Crippen molar-refractivity contribution < 1.29 is 9.84 Å². The van der Waals surface area contributed by atoms with Crippen LogP contribution in [0.5, 0.6) is 11.5 Å². The van der Waals surface area contributed by atoms with Gasteiger partial charge in [-0.25, -0.2) is 0 Å². The van der Waals surface area contributed by atoms with Gasteiger partial charge in [-0.1, -0.05) is 12.1 Å². The Balaban J connectivity index is 2.42. The molecule has 1 atom stereocenters. The molecule has 1 aliphatic heterocycles. The number of rotatable bonds is 0. The number of fused-ring (bicyclic) bond motifs is 1. The molecular formula is C9H11NO2. The predicted molar refractivity (Wildman–Crippen MR) is 45.3 cm³/mol. The number of phenolic OH excluding ortho intramolecular Hbond substituents is 1. The van der Waals surface area contributed by atoms with Gasteiger partial charge in [-0.2, -0.15) is 0 Å². The zero-order valence-corrected chi connectivity index (χ0v) is 6.66. The summed E-state index contributed by atoms with van der Waals surface area (Å²) in [5.74, 6) is 0.804. The van der Waals surface area contributed by atoms with Crippen molar-refractivity contribution in [2.75, 3.05) is 6.61 Å². The Morgan fingerprint density at radius 1 is 1.50 bits per heavy atom. The third-order valence-corrected chi connectivity index (χ3v) is 2.00. The first-order valence-electron chi connectivity index (χ1n) is 3.96. The minimum absolute atomic E-state index is 0.0549. The van der Waals surface area contributed by atoms with Gasteiger partial charge in [0.2, 0.25) is 0 Å². The molecule has 0 unspecified atom stereocenters. The molecule has 3 heteroatoms. The van der Waals surface area contributed by atoms with Gasteiger partial charge in [0, 0.05) is 6.04 Å². The molecule has 1 aliphatic rings. The Bertz CT molecular complexity index is 299. The first kappa shape index (κ1) is 7.43. The third kappa shape index (κ3) is 1.12. The molecular weight excluding hydrogens is 154 g/mol. The van der Waals surface area contributed by atoms with Gasteiger partial charge in [0.15, 0.2) is 11.5 Å². The van der Waals surface area contributed by atoms with Gasteiger partial charge >= 0.3 is 0 Å². The number of nitrogens with two attached hydrogens (primary N) is 1. The number of benzene rings is 1. The second-order valence-electron chi connectivity index (χ2n) is 3.04. The monoisotopic (exact) mass is 165 g/mol. The second-order valence-corrected chi connectivity index (χ2v) is 3.04. The number of aromatic hydroxyl groups is 1. The van der Waals surface area contributed by atoms with Gasteiger partial charge in [-0.3, -0.25) is 0 Å². The quantitative estimate of drug-likeness (QED) is 0.593. The van der Waals surface area contributed by atoms with Crippen molar-refractivity contribution in [3.63, 3.8) is 0 Å². The van der Waals surface area contributed by atoms with E-state index in [0.717, 1.165) is 12.0 Å². The third-order valence-electron chi connectivity index (χ3n) is 2.00. The van der Waals surface area contributed by atoms with Crippen LogP contribution in [-0.2, 0) is 6.42 Å². The molecule has 0 saturated heterocycles. The summed E-state index contributed by atoms with van der Waals surface area (Å²) in [5, 5.41) is 9.38. The van der Waals surface area contributed by atoms with Gasteiger partial charge in [-0.05, 0) is 18.1 Å². The first-order valence-corrected chi connectivity index (χ1v) is 3.96. The van der Waals surface area contributed by atoms with E-state index in [4.69, 9.17) is 10.5 Å². The van der Waals surface area contributed by atoms with Crippen LogP contribution in [0.2, 0.25) is 0 Å². The molecule has 0 saturated carbocycles. The number of para-hydroxylation sites is 1. The van der Waals surface area contributed by atoms with E-state index < -0.39 is 0 Å². The highest BCUT2D eigenvalue weighted by Gasteiger charge is 2.18. The summed E-state index contributed by atoms with van der Waals surface area (Å²) < 4.78 is 5.29.